The Morgan fingerprint density at radius 3 is 2.42 bits per heavy atom. The first-order valence-corrected chi connectivity index (χ1v) is 9.30. The van der Waals surface area contributed by atoms with E-state index in [2.05, 4.69) is 37.4 Å². The molecule has 1 heterocycles. The molecule has 0 unspecified atom stereocenters. The van der Waals surface area contributed by atoms with Gasteiger partial charge < -0.3 is 10.4 Å². The van der Waals surface area contributed by atoms with Gasteiger partial charge in [0.25, 0.3) is 0 Å². The second kappa shape index (κ2) is 8.63. The van der Waals surface area contributed by atoms with Gasteiger partial charge in [0.15, 0.2) is 0 Å². The van der Waals surface area contributed by atoms with E-state index in [4.69, 9.17) is 5.11 Å². The van der Waals surface area contributed by atoms with Crippen LogP contribution in [0.25, 0.3) is 11.1 Å². The fourth-order valence-electron chi connectivity index (χ4n) is 2.71. The maximum atomic E-state index is 12.0. The van der Waals surface area contributed by atoms with E-state index in [1.165, 1.54) is 16.9 Å². The number of aryl methyl sites for hydroxylation is 1. The monoisotopic (exact) mass is 370 g/mol. The molecule has 0 fully saturated rings. The number of carboxylic acid groups (broad SMARTS) is 1. The number of benzene rings is 1. The molecule has 0 aliphatic rings. The molecule has 0 aliphatic carbocycles. The van der Waals surface area contributed by atoms with E-state index >= 15 is 0 Å². The normalized spacial score (nSPS) is 10.6. The summed E-state index contributed by atoms with van der Waals surface area (Å²) in [5.41, 5.74) is 3.48. The highest BCUT2D eigenvalue weighted by atomic mass is 32.1. The molecule has 0 saturated carbocycles. The molecule has 0 atom stereocenters. The van der Waals surface area contributed by atoms with Crippen LogP contribution in [0.4, 0.5) is 5.00 Å². The van der Waals surface area contributed by atoms with Crippen molar-refractivity contribution >= 4 is 28.2 Å². The molecule has 0 saturated heterocycles. The number of nitrogens with one attached hydrogen (secondary N) is 1. The van der Waals surface area contributed by atoms with E-state index in [1.807, 2.05) is 19.1 Å². The van der Waals surface area contributed by atoms with Gasteiger partial charge >= 0.3 is 5.97 Å². The zero-order valence-electron chi connectivity index (χ0n) is 15.1. The molecule has 2 rings (SSSR count). The van der Waals surface area contributed by atoms with Gasteiger partial charge in [-0.3, -0.25) is 9.59 Å². The number of carboxylic acids is 1. The van der Waals surface area contributed by atoms with Gasteiger partial charge in [-0.1, -0.05) is 38.1 Å². The standard InChI is InChI=1S/C20H22N2O3S/c1-12(2)14-7-9-15(10-8-14)19-13(3)26-20(16(19)11-21)22-17(23)5-4-6-18(24)25/h7-10,12H,4-6H2,1-3H3,(H,22,23)(H,24,25). The van der Waals surface area contributed by atoms with Crippen LogP contribution in [-0.4, -0.2) is 17.0 Å². The van der Waals surface area contributed by atoms with Crippen LogP contribution in [-0.2, 0) is 9.59 Å². The van der Waals surface area contributed by atoms with Crippen molar-refractivity contribution in [3.8, 4) is 17.2 Å². The van der Waals surface area contributed by atoms with E-state index < -0.39 is 5.97 Å². The van der Waals surface area contributed by atoms with Crippen LogP contribution in [0.1, 0.15) is 55.0 Å². The molecule has 26 heavy (non-hydrogen) atoms. The minimum atomic E-state index is -0.922. The summed E-state index contributed by atoms with van der Waals surface area (Å²) in [6.45, 7) is 6.18. The summed E-state index contributed by atoms with van der Waals surface area (Å²) in [6.07, 6.45) is 0.346. The number of nitriles is 1. The molecule has 0 spiro atoms. The average molecular weight is 370 g/mol. The number of aliphatic carboxylic acids is 1. The van der Waals surface area contributed by atoms with E-state index in [-0.39, 0.29) is 25.2 Å². The van der Waals surface area contributed by atoms with Crippen LogP contribution >= 0.6 is 11.3 Å². The summed E-state index contributed by atoms with van der Waals surface area (Å²) in [7, 11) is 0. The molecule has 6 heteroatoms. The Kier molecular flexibility index (Phi) is 6.53. The SMILES string of the molecule is Cc1sc(NC(=O)CCCC(=O)O)c(C#N)c1-c1ccc(C(C)C)cc1. The third-order valence-electron chi connectivity index (χ3n) is 4.11. The van der Waals surface area contributed by atoms with Gasteiger partial charge in [-0.15, -0.1) is 11.3 Å². The minimum absolute atomic E-state index is 0.0462. The van der Waals surface area contributed by atoms with E-state index in [0.717, 1.165) is 16.0 Å². The van der Waals surface area contributed by atoms with Gasteiger partial charge in [-0.2, -0.15) is 5.26 Å². The number of carbonyl (C=O) groups is 2. The van der Waals surface area contributed by atoms with Crippen molar-refractivity contribution in [3.05, 3.63) is 40.3 Å². The molecule has 1 amide bonds. The number of anilines is 1. The van der Waals surface area contributed by atoms with E-state index in [9.17, 15) is 14.9 Å². The van der Waals surface area contributed by atoms with Crippen LogP contribution in [0.15, 0.2) is 24.3 Å². The van der Waals surface area contributed by atoms with E-state index in [1.54, 1.807) is 0 Å². The lowest BCUT2D eigenvalue weighted by atomic mass is 9.97. The Hall–Kier alpha value is -2.65. The van der Waals surface area contributed by atoms with Crippen LogP contribution in [0.2, 0.25) is 0 Å². The topological polar surface area (TPSA) is 90.2 Å². The smallest absolute Gasteiger partial charge is 0.303 e. The fraction of sp³-hybridized carbons (Fsp3) is 0.350. The zero-order valence-corrected chi connectivity index (χ0v) is 15.9. The Morgan fingerprint density at radius 2 is 1.88 bits per heavy atom. The summed E-state index contributed by atoms with van der Waals surface area (Å²) in [4.78, 5) is 23.5. The van der Waals surface area contributed by atoms with Crippen LogP contribution < -0.4 is 5.32 Å². The highest BCUT2D eigenvalue weighted by molar-refractivity contribution is 7.17. The lowest BCUT2D eigenvalue weighted by Crippen LogP contribution is -2.11. The van der Waals surface area contributed by atoms with Gasteiger partial charge in [0, 0.05) is 23.3 Å². The lowest BCUT2D eigenvalue weighted by molar-refractivity contribution is -0.137. The molecular weight excluding hydrogens is 348 g/mol. The number of nitrogens with zero attached hydrogens (tertiary/aromatic N) is 1. The molecule has 2 N–H and O–H groups in total. The predicted octanol–water partition coefficient (Wildman–Crippen LogP) is 4.91. The van der Waals surface area contributed by atoms with Gasteiger partial charge in [0.1, 0.15) is 11.1 Å². The number of hydrogen-bond acceptors (Lipinski definition) is 4. The number of hydrogen-bond donors (Lipinski definition) is 2. The highest BCUT2D eigenvalue weighted by Gasteiger charge is 2.19. The van der Waals surface area contributed by atoms with Gasteiger partial charge in [0.05, 0.1) is 5.56 Å². The molecule has 0 aliphatic heterocycles. The maximum absolute atomic E-state index is 12.0. The van der Waals surface area contributed by atoms with Crippen LogP contribution in [0.5, 0.6) is 0 Å². The lowest BCUT2D eigenvalue weighted by Gasteiger charge is -2.07. The number of rotatable bonds is 7. The van der Waals surface area contributed by atoms with Crippen molar-refractivity contribution in [2.75, 3.05) is 5.32 Å². The van der Waals surface area contributed by atoms with Crippen molar-refractivity contribution in [3.63, 3.8) is 0 Å². The predicted molar refractivity (Wildman–Crippen MR) is 103 cm³/mol. The summed E-state index contributed by atoms with van der Waals surface area (Å²) in [5, 5.41) is 21.5. The fourth-order valence-corrected chi connectivity index (χ4v) is 3.75. The minimum Gasteiger partial charge on any atom is -0.481 e. The Labute approximate surface area is 157 Å². The Bertz CT molecular complexity index is 845. The zero-order chi connectivity index (χ0) is 19.3. The second-order valence-corrected chi connectivity index (χ2v) is 7.65. The summed E-state index contributed by atoms with van der Waals surface area (Å²) < 4.78 is 0. The second-order valence-electron chi connectivity index (χ2n) is 6.42. The van der Waals surface area contributed by atoms with Gasteiger partial charge in [-0.05, 0) is 30.4 Å². The molecule has 5 nitrogen and oxygen atoms in total. The first-order chi connectivity index (χ1) is 12.3. The number of amides is 1. The largest absolute Gasteiger partial charge is 0.481 e. The van der Waals surface area contributed by atoms with Crippen LogP contribution in [0, 0.1) is 18.3 Å². The van der Waals surface area contributed by atoms with Crippen molar-refractivity contribution in [2.45, 2.75) is 46.0 Å². The molecule has 0 radical (unpaired) electrons. The Morgan fingerprint density at radius 1 is 1.23 bits per heavy atom. The molecular formula is C20H22N2O3S. The van der Waals surface area contributed by atoms with Gasteiger partial charge in [0.2, 0.25) is 5.91 Å². The Balaban J connectivity index is 2.23. The van der Waals surface area contributed by atoms with Crippen LogP contribution in [0.3, 0.4) is 0 Å². The maximum Gasteiger partial charge on any atom is 0.303 e. The van der Waals surface area contributed by atoms with Gasteiger partial charge in [-0.25, -0.2) is 0 Å². The summed E-state index contributed by atoms with van der Waals surface area (Å²) >= 11 is 1.37. The van der Waals surface area contributed by atoms with Crippen molar-refractivity contribution in [2.24, 2.45) is 0 Å². The average Bonchev–Trinajstić information content (AvgIpc) is 2.89. The third-order valence-corrected chi connectivity index (χ3v) is 5.13. The first-order valence-electron chi connectivity index (χ1n) is 8.49. The number of thiophene rings is 1. The summed E-state index contributed by atoms with van der Waals surface area (Å²) in [6, 6.07) is 10.3. The molecule has 1 aromatic heterocycles. The quantitative estimate of drug-likeness (QED) is 0.724. The molecule has 136 valence electrons. The molecule has 2 aromatic rings. The van der Waals surface area contributed by atoms with Crippen molar-refractivity contribution in [1.29, 1.82) is 5.26 Å². The molecule has 1 aromatic carbocycles. The van der Waals surface area contributed by atoms with E-state index in [0.29, 0.717) is 16.5 Å². The number of carbonyl (C=O) groups excluding carboxylic acids is 1. The summed E-state index contributed by atoms with van der Waals surface area (Å²) in [5.74, 6) is -0.760. The van der Waals surface area contributed by atoms with Crippen molar-refractivity contribution < 1.29 is 14.7 Å². The highest BCUT2D eigenvalue weighted by Crippen LogP contribution is 2.39. The first kappa shape index (κ1) is 19.7. The third kappa shape index (κ3) is 4.70. The molecule has 0 bridgehead atoms. The van der Waals surface area contributed by atoms with Crippen molar-refractivity contribution in [1.82, 2.24) is 0 Å².